The second kappa shape index (κ2) is 7.32. The molecule has 0 radical (unpaired) electrons. The molecule has 0 unspecified atom stereocenters. The van der Waals surface area contributed by atoms with Gasteiger partial charge >= 0.3 is 0 Å². The summed E-state index contributed by atoms with van der Waals surface area (Å²) in [5, 5.41) is 5.97. The highest BCUT2D eigenvalue weighted by Crippen LogP contribution is 2.30. The first-order valence-corrected chi connectivity index (χ1v) is 8.05. The number of nitrogens with one attached hydrogen (secondary N) is 2. The lowest BCUT2D eigenvalue weighted by Crippen LogP contribution is -2.51. The van der Waals surface area contributed by atoms with E-state index >= 15 is 0 Å². The fourth-order valence-electron chi connectivity index (χ4n) is 3.04. The van der Waals surface area contributed by atoms with Crippen LogP contribution in [0.5, 0.6) is 0 Å². The molecule has 0 saturated heterocycles. The zero-order chi connectivity index (χ0) is 15.6. The zero-order valence-corrected chi connectivity index (χ0v) is 14.0. The fourth-order valence-corrected chi connectivity index (χ4v) is 3.04. The summed E-state index contributed by atoms with van der Waals surface area (Å²) in [6.07, 6.45) is 6.09. The lowest BCUT2D eigenvalue weighted by Gasteiger charge is -2.28. The topological polar surface area (TPSA) is 84.2 Å². The van der Waals surface area contributed by atoms with Crippen molar-refractivity contribution in [2.45, 2.75) is 44.1 Å². The van der Waals surface area contributed by atoms with E-state index < -0.39 is 0 Å². The van der Waals surface area contributed by atoms with Gasteiger partial charge in [0.15, 0.2) is 0 Å². The Hall–Kier alpha value is -1.59. The van der Waals surface area contributed by atoms with E-state index in [1.54, 1.807) is 24.3 Å². The summed E-state index contributed by atoms with van der Waals surface area (Å²) in [5.41, 5.74) is 6.95. The van der Waals surface area contributed by atoms with Gasteiger partial charge in [-0.05, 0) is 49.9 Å². The van der Waals surface area contributed by atoms with Gasteiger partial charge in [0.05, 0.1) is 5.54 Å². The minimum atomic E-state index is -0.240. The van der Waals surface area contributed by atoms with Crippen molar-refractivity contribution in [3.63, 3.8) is 0 Å². The van der Waals surface area contributed by atoms with Crippen LogP contribution in [0, 0.1) is 5.92 Å². The van der Waals surface area contributed by atoms with Crippen LogP contribution in [-0.2, 0) is 4.79 Å². The average molecular weight is 338 g/mol. The van der Waals surface area contributed by atoms with Gasteiger partial charge in [0, 0.05) is 23.7 Å². The van der Waals surface area contributed by atoms with Crippen LogP contribution in [0.25, 0.3) is 0 Å². The Morgan fingerprint density at radius 2 is 1.74 bits per heavy atom. The highest BCUT2D eigenvalue weighted by atomic mass is 35.5. The predicted molar refractivity (Wildman–Crippen MR) is 92.8 cm³/mol. The van der Waals surface area contributed by atoms with Gasteiger partial charge in [-0.25, -0.2) is 0 Å². The largest absolute Gasteiger partial charge is 0.345 e. The number of carbonyl (C=O) groups excluding carboxylic acids is 2. The maximum Gasteiger partial charge on any atom is 0.251 e. The molecule has 2 amide bonds. The van der Waals surface area contributed by atoms with Crippen molar-refractivity contribution < 1.29 is 9.59 Å². The first-order valence-electron chi connectivity index (χ1n) is 8.05. The molecule has 0 atom stereocenters. The van der Waals surface area contributed by atoms with Crippen molar-refractivity contribution in [2.75, 3.05) is 11.9 Å². The molecule has 23 heavy (non-hydrogen) atoms. The molecule has 2 saturated carbocycles. The van der Waals surface area contributed by atoms with Crippen LogP contribution >= 0.6 is 12.4 Å². The second-order valence-corrected chi connectivity index (χ2v) is 6.49. The van der Waals surface area contributed by atoms with Gasteiger partial charge in [-0.2, -0.15) is 0 Å². The maximum atomic E-state index is 12.4. The maximum absolute atomic E-state index is 12.4. The highest BCUT2D eigenvalue weighted by Gasteiger charge is 2.34. The molecule has 1 aromatic carbocycles. The lowest BCUT2D eigenvalue weighted by molar-refractivity contribution is -0.117. The Labute approximate surface area is 142 Å². The number of rotatable bonds is 5. The van der Waals surface area contributed by atoms with Gasteiger partial charge in [0.2, 0.25) is 5.91 Å². The Morgan fingerprint density at radius 1 is 1.13 bits per heavy atom. The lowest BCUT2D eigenvalue weighted by atomic mass is 9.97. The van der Waals surface area contributed by atoms with E-state index in [2.05, 4.69) is 10.6 Å². The number of anilines is 1. The number of carbonyl (C=O) groups is 2. The number of benzene rings is 1. The van der Waals surface area contributed by atoms with Gasteiger partial charge in [-0.3, -0.25) is 9.59 Å². The van der Waals surface area contributed by atoms with Crippen LogP contribution in [0.2, 0.25) is 0 Å². The predicted octanol–water partition coefficient (Wildman–Crippen LogP) is 2.46. The van der Waals surface area contributed by atoms with E-state index in [0.717, 1.165) is 44.2 Å². The van der Waals surface area contributed by atoms with Crippen molar-refractivity contribution in [1.82, 2.24) is 5.32 Å². The molecule has 0 aromatic heterocycles. The summed E-state index contributed by atoms with van der Waals surface area (Å²) >= 11 is 0. The highest BCUT2D eigenvalue weighted by molar-refractivity contribution is 5.97. The van der Waals surface area contributed by atoms with Gasteiger partial charge in [-0.1, -0.05) is 12.8 Å². The fraction of sp³-hybridized carbons (Fsp3) is 0.529. The normalized spacial score (nSPS) is 18.8. The number of hydrogen-bond acceptors (Lipinski definition) is 3. The Kier molecular flexibility index (Phi) is 5.65. The number of nitrogens with two attached hydrogens (primary N) is 1. The number of hydrogen-bond donors (Lipinski definition) is 3. The van der Waals surface area contributed by atoms with Gasteiger partial charge in [0.1, 0.15) is 0 Å². The van der Waals surface area contributed by atoms with E-state index in [9.17, 15) is 9.59 Å². The standard InChI is InChI=1S/C17H23N3O2.ClH/c18-11-17(9-1-2-10-17)20-16(22)13-5-7-14(8-6-13)19-15(21)12-3-4-12;/h5-8,12H,1-4,9-11,18H2,(H,19,21)(H,20,22);1H. The molecule has 0 bridgehead atoms. The van der Waals surface area contributed by atoms with Crippen LogP contribution in [0.1, 0.15) is 48.9 Å². The smallest absolute Gasteiger partial charge is 0.251 e. The number of halogens is 1. The Morgan fingerprint density at radius 3 is 2.26 bits per heavy atom. The summed E-state index contributed by atoms with van der Waals surface area (Å²) in [6, 6.07) is 7.05. The van der Waals surface area contributed by atoms with Crippen molar-refractivity contribution in [2.24, 2.45) is 11.7 Å². The molecule has 2 fully saturated rings. The molecular formula is C17H24ClN3O2. The van der Waals surface area contributed by atoms with Crippen molar-refractivity contribution in [3.8, 4) is 0 Å². The van der Waals surface area contributed by atoms with Gasteiger partial charge in [-0.15, -0.1) is 12.4 Å². The van der Waals surface area contributed by atoms with E-state index in [4.69, 9.17) is 5.73 Å². The first kappa shape index (κ1) is 17.8. The van der Waals surface area contributed by atoms with Gasteiger partial charge in [0.25, 0.3) is 5.91 Å². The average Bonchev–Trinajstić information content (AvgIpc) is 3.29. The summed E-state index contributed by atoms with van der Waals surface area (Å²) in [4.78, 5) is 24.1. The summed E-state index contributed by atoms with van der Waals surface area (Å²) < 4.78 is 0. The number of amides is 2. The third kappa shape index (κ3) is 4.24. The molecule has 6 heteroatoms. The second-order valence-electron chi connectivity index (χ2n) is 6.49. The van der Waals surface area contributed by atoms with Crippen molar-refractivity contribution in [3.05, 3.63) is 29.8 Å². The molecular weight excluding hydrogens is 314 g/mol. The molecule has 0 aliphatic heterocycles. The molecule has 4 N–H and O–H groups in total. The summed E-state index contributed by atoms with van der Waals surface area (Å²) in [5.74, 6) is 0.160. The summed E-state index contributed by atoms with van der Waals surface area (Å²) in [6.45, 7) is 0.480. The first-order chi connectivity index (χ1) is 10.6. The Balaban J connectivity index is 0.00000192. The Bertz CT molecular complexity index is 564. The molecule has 3 rings (SSSR count). The minimum absolute atomic E-state index is 0. The third-order valence-electron chi connectivity index (χ3n) is 4.69. The van der Waals surface area contributed by atoms with Crippen molar-refractivity contribution in [1.29, 1.82) is 0 Å². The molecule has 1 aromatic rings. The molecule has 0 heterocycles. The van der Waals surface area contributed by atoms with Crippen LogP contribution in [-0.4, -0.2) is 23.9 Å². The quantitative estimate of drug-likeness (QED) is 0.771. The van der Waals surface area contributed by atoms with E-state index in [1.165, 1.54) is 0 Å². The van der Waals surface area contributed by atoms with Crippen molar-refractivity contribution >= 4 is 29.9 Å². The molecule has 2 aliphatic carbocycles. The summed E-state index contributed by atoms with van der Waals surface area (Å²) in [7, 11) is 0. The molecule has 5 nitrogen and oxygen atoms in total. The third-order valence-corrected chi connectivity index (χ3v) is 4.69. The minimum Gasteiger partial charge on any atom is -0.345 e. The molecule has 126 valence electrons. The van der Waals surface area contributed by atoms with Crippen LogP contribution in [0.4, 0.5) is 5.69 Å². The molecule has 0 spiro atoms. The van der Waals surface area contributed by atoms with Crippen LogP contribution in [0.3, 0.4) is 0 Å². The van der Waals surface area contributed by atoms with E-state index in [1.807, 2.05) is 0 Å². The van der Waals surface area contributed by atoms with E-state index in [-0.39, 0.29) is 35.7 Å². The molecule has 2 aliphatic rings. The zero-order valence-electron chi connectivity index (χ0n) is 13.1. The van der Waals surface area contributed by atoms with Crippen LogP contribution in [0.15, 0.2) is 24.3 Å². The van der Waals surface area contributed by atoms with Crippen LogP contribution < -0.4 is 16.4 Å². The van der Waals surface area contributed by atoms with E-state index in [0.29, 0.717) is 12.1 Å². The SMILES string of the molecule is Cl.NCC1(NC(=O)c2ccc(NC(=O)C3CC3)cc2)CCCC1. The monoisotopic (exact) mass is 337 g/mol. The van der Waals surface area contributed by atoms with Gasteiger partial charge < -0.3 is 16.4 Å².